The second kappa shape index (κ2) is 4.70. The molecule has 2 aromatic rings. The third-order valence-electron chi connectivity index (χ3n) is 4.58. The van der Waals surface area contributed by atoms with Crippen LogP contribution in [0.15, 0.2) is 10.9 Å². The van der Waals surface area contributed by atoms with Gasteiger partial charge >= 0.3 is 0 Å². The molecule has 6 nitrogen and oxygen atoms in total. The van der Waals surface area contributed by atoms with E-state index in [1.165, 1.54) is 10.6 Å². The monoisotopic (exact) mass is 275 g/mol. The molecule has 0 saturated heterocycles. The topological polar surface area (TPSA) is 89.1 Å². The Kier molecular flexibility index (Phi) is 3.12. The van der Waals surface area contributed by atoms with Gasteiger partial charge in [-0.15, -0.1) is 0 Å². The van der Waals surface area contributed by atoms with Crippen LogP contribution in [0.5, 0.6) is 0 Å². The van der Waals surface area contributed by atoms with Gasteiger partial charge in [-0.1, -0.05) is 6.92 Å². The third kappa shape index (κ3) is 2.04. The molecule has 0 atom stereocenters. The maximum absolute atomic E-state index is 12.0. The summed E-state index contributed by atoms with van der Waals surface area (Å²) < 4.78 is 1.41. The van der Waals surface area contributed by atoms with Crippen LogP contribution in [0, 0.1) is 12.8 Å². The number of H-pyrrole nitrogens is 1. The number of nitrogens with zero attached hydrogens (tertiary/aromatic N) is 3. The van der Waals surface area contributed by atoms with Crippen LogP contribution in [0.1, 0.15) is 44.1 Å². The summed E-state index contributed by atoms with van der Waals surface area (Å²) in [7, 11) is 0. The lowest BCUT2D eigenvalue weighted by atomic mass is 9.70. The Morgan fingerprint density at radius 2 is 2.15 bits per heavy atom. The molecule has 1 saturated carbocycles. The first-order valence-corrected chi connectivity index (χ1v) is 7.21. The highest BCUT2D eigenvalue weighted by molar-refractivity contribution is 5.30. The quantitative estimate of drug-likeness (QED) is 0.860. The number of aromatic nitrogens is 4. The van der Waals surface area contributed by atoms with Crippen LogP contribution in [0.4, 0.5) is 0 Å². The van der Waals surface area contributed by atoms with Crippen LogP contribution in [0.3, 0.4) is 0 Å². The number of hydrogen-bond donors (Lipinski definition) is 2. The van der Waals surface area contributed by atoms with Crippen molar-refractivity contribution in [2.45, 2.75) is 44.9 Å². The van der Waals surface area contributed by atoms with Gasteiger partial charge in [-0.3, -0.25) is 9.89 Å². The highest BCUT2D eigenvalue weighted by Crippen LogP contribution is 2.39. The zero-order valence-electron chi connectivity index (χ0n) is 12.0. The van der Waals surface area contributed by atoms with Crippen LogP contribution >= 0.6 is 0 Å². The number of aromatic amines is 1. The van der Waals surface area contributed by atoms with Gasteiger partial charge in [0, 0.05) is 23.7 Å². The van der Waals surface area contributed by atoms with E-state index < -0.39 is 0 Å². The van der Waals surface area contributed by atoms with Crippen molar-refractivity contribution in [2.75, 3.05) is 6.54 Å². The van der Waals surface area contributed by atoms with E-state index in [1.807, 2.05) is 0 Å². The van der Waals surface area contributed by atoms with E-state index in [0.29, 0.717) is 18.0 Å². The minimum atomic E-state index is -0.138. The van der Waals surface area contributed by atoms with E-state index in [0.717, 1.165) is 37.4 Å². The van der Waals surface area contributed by atoms with Crippen molar-refractivity contribution in [3.05, 3.63) is 27.9 Å². The van der Waals surface area contributed by atoms with Crippen molar-refractivity contribution in [1.82, 2.24) is 19.6 Å². The van der Waals surface area contributed by atoms with Crippen molar-refractivity contribution < 1.29 is 0 Å². The van der Waals surface area contributed by atoms with Crippen molar-refractivity contribution in [3.8, 4) is 0 Å². The molecule has 0 unspecified atom stereocenters. The number of rotatable bonds is 2. The summed E-state index contributed by atoms with van der Waals surface area (Å²) in [4.78, 5) is 20.8. The van der Waals surface area contributed by atoms with E-state index in [2.05, 4.69) is 22.0 Å². The highest BCUT2D eigenvalue weighted by Gasteiger charge is 2.37. The minimum Gasteiger partial charge on any atom is -0.329 e. The van der Waals surface area contributed by atoms with Gasteiger partial charge in [-0.05, 0) is 38.5 Å². The van der Waals surface area contributed by atoms with E-state index in [-0.39, 0.29) is 11.0 Å². The maximum atomic E-state index is 12.0. The predicted octanol–water partition coefficient (Wildman–Crippen LogP) is 1.13. The van der Waals surface area contributed by atoms with Gasteiger partial charge in [0.1, 0.15) is 5.82 Å². The maximum Gasteiger partial charge on any atom is 0.274 e. The van der Waals surface area contributed by atoms with Crippen LogP contribution in [-0.2, 0) is 5.41 Å². The zero-order valence-corrected chi connectivity index (χ0v) is 12.0. The van der Waals surface area contributed by atoms with E-state index in [1.54, 1.807) is 6.92 Å². The van der Waals surface area contributed by atoms with Crippen LogP contribution in [-0.4, -0.2) is 26.1 Å². The number of nitrogens with one attached hydrogen (secondary N) is 1. The molecule has 1 aliphatic rings. The Balaban J connectivity index is 2.09. The van der Waals surface area contributed by atoms with Gasteiger partial charge in [0.2, 0.25) is 0 Å². The second-order valence-corrected chi connectivity index (χ2v) is 6.11. The minimum absolute atomic E-state index is 0.123. The molecule has 6 heteroatoms. The molecule has 0 aliphatic heterocycles. The molecule has 2 heterocycles. The van der Waals surface area contributed by atoms with E-state index in [9.17, 15) is 4.79 Å². The van der Waals surface area contributed by atoms with E-state index >= 15 is 0 Å². The fourth-order valence-electron chi connectivity index (χ4n) is 3.08. The van der Waals surface area contributed by atoms with Crippen LogP contribution in [0.2, 0.25) is 0 Å². The molecule has 0 spiro atoms. The average Bonchev–Trinajstić information content (AvgIpc) is 2.85. The van der Waals surface area contributed by atoms with Crippen molar-refractivity contribution in [1.29, 1.82) is 0 Å². The second-order valence-electron chi connectivity index (χ2n) is 6.11. The molecule has 20 heavy (non-hydrogen) atoms. The summed E-state index contributed by atoms with van der Waals surface area (Å²) in [5.74, 6) is 1.99. The van der Waals surface area contributed by atoms with Crippen molar-refractivity contribution >= 4 is 5.78 Å². The van der Waals surface area contributed by atoms with Crippen LogP contribution in [0.25, 0.3) is 5.78 Å². The molecule has 1 fully saturated rings. The fourth-order valence-corrected chi connectivity index (χ4v) is 3.08. The fraction of sp³-hybridized carbons (Fsp3) is 0.643. The van der Waals surface area contributed by atoms with Gasteiger partial charge in [0.25, 0.3) is 11.3 Å². The Hall–Kier alpha value is -1.69. The molecule has 108 valence electrons. The summed E-state index contributed by atoms with van der Waals surface area (Å²) >= 11 is 0. The van der Waals surface area contributed by atoms with Gasteiger partial charge in [-0.2, -0.15) is 9.50 Å². The standard InChI is InChI=1S/C14H21N5O/c1-9-3-5-14(8-15,6-4-9)12-17-13-16-10(2)7-11(20)19(13)18-12/h7,9H,3-6,8,15H2,1-2H3,(H,16,17,18). The molecule has 0 bridgehead atoms. The van der Waals surface area contributed by atoms with Crippen molar-refractivity contribution in [2.24, 2.45) is 11.7 Å². The lowest BCUT2D eigenvalue weighted by Gasteiger charge is -2.36. The SMILES string of the molecule is Cc1cc(=O)n2[nH]c(C3(CN)CCC(C)CC3)nc2n1. The molecule has 3 N–H and O–H groups in total. The first-order chi connectivity index (χ1) is 9.54. The normalized spacial score (nSPS) is 27.1. The number of aryl methyl sites for hydroxylation is 1. The first-order valence-electron chi connectivity index (χ1n) is 7.21. The Morgan fingerprint density at radius 1 is 1.45 bits per heavy atom. The number of fused-ring (bicyclic) bond motifs is 1. The lowest BCUT2D eigenvalue weighted by molar-refractivity contribution is 0.237. The summed E-state index contributed by atoms with van der Waals surface area (Å²) in [6.45, 7) is 4.62. The van der Waals surface area contributed by atoms with Gasteiger partial charge in [-0.25, -0.2) is 4.98 Å². The molecule has 0 aromatic carbocycles. The third-order valence-corrected chi connectivity index (χ3v) is 4.58. The van der Waals surface area contributed by atoms with Gasteiger partial charge in [0.15, 0.2) is 0 Å². The average molecular weight is 275 g/mol. The number of hydrogen-bond acceptors (Lipinski definition) is 4. The molecular weight excluding hydrogens is 254 g/mol. The Bertz CT molecular complexity index is 678. The number of nitrogens with two attached hydrogens (primary N) is 1. The smallest absolute Gasteiger partial charge is 0.274 e. The molecule has 2 aromatic heterocycles. The Labute approximate surface area is 117 Å². The predicted molar refractivity (Wildman–Crippen MR) is 76.7 cm³/mol. The molecular formula is C14H21N5O. The molecule has 0 radical (unpaired) electrons. The van der Waals surface area contributed by atoms with Gasteiger partial charge < -0.3 is 5.73 Å². The lowest BCUT2D eigenvalue weighted by Crippen LogP contribution is -2.39. The summed E-state index contributed by atoms with van der Waals surface area (Å²) in [5, 5.41) is 3.12. The molecule has 3 rings (SSSR count). The summed E-state index contributed by atoms with van der Waals surface area (Å²) in [6.07, 6.45) is 4.32. The first kappa shape index (κ1) is 13.3. The molecule has 1 aliphatic carbocycles. The largest absolute Gasteiger partial charge is 0.329 e. The van der Waals surface area contributed by atoms with Crippen molar-refractivity contribution in [3.63, 3.8) is 0 Å². The Morgan fingerprint density at radius 3 is 2.80 bits per heavy atom. The summed E-state index contributed by atoms with van der Waals surface area (Å²) in [5.41, 5.74) is 6.46. The molecule has 0 amide bonds. The highest BCUT2D eigenvalue weighted by atomic mass is 16.1. The zero-order chi connectivity index (χ0) is 14.3. The van der Waals surface area contributed by atoms with E-state index in [4.69, 9.17) is 5.73 Å². The summed E-state index contributed by atoms with van der Waals surface area (Å²) in [6, 6.07) is 1.51. The van der Waals surface area contributed by atoms with Gasteiger partial charge in [0.05, 0.1) is 0 Å². The van der Waals surface area contributed by atoms with Crippen LogP contribution < -0.4 is 11.3 Å².